The number of aromatic nitrogens is 2. The van der Waals surface area contributed by atoms with Gasteiger partial charge in [0.05, 0.1) is 13.2 Å². The van der Waals surface area contributed by atoms with E-state index in [0.717, 1.165) is 0 Å². The van der Waals surface area contributed by atoms with Gasteiger partial charge in [0.15, 0.2) is 5.82 Å². The van der Waals surface area contributed by atoms with Gasteiger partial charge in [-0.25, -0.2) is 4.79 Å². The molecule has 0 saturated carbocycles. The van der Waals surface area contributed by atoms with Crippen LogP contribution in [0, 0.1) is 6.92 Å². The highest BCUT2D eigenvalue weighted by Gasteiger charge is 2.07. The van der Waals surface area contributed by atoms with Crippen LogP contribution < -0.4 is 10.6 Å². The van der Waals surface area contributed by atoms with Crippen molar-refractivity contribution in [2.24, 2.45) is 0 Å². The molecule has 0 aliphatic carbocycles. The molecular formula is C9H14N4O4. The van der Waals surface area contributed by atoms with Crippen LogP contribution in [0.1, 0.15) is 18.6 Å². The van der Waals surface area contributed by atoms with Gasteiger partial charge in [-0.15, -0.1) is 0 Å². The Morgan fingerprint density at radius 1 is 1.41 bits per heavy atom. The number of amides is 2. The van der Waals surface area contributed by atoms with Gasteiger partial charge in [-0.3, -0.25) is 4.79 Å². The Morgan fingerprint density at radius 2 is 2.18 bits per heavy atom. The Labute approximate surface area is 97.7 Å². The molecule has 0 radical (unpaired) electrons. The van der Waals surface area contributed by atoms with Gasteiger partial charge in [-0.05, 0) is 13.8 Å². The van der Waals surface area contributed by atoms with Gasteiger partial charge in [0, 0.05) is 0 Å². The molecular weight excluding hydrogens is 228 g/mol. The second kappa shape index (κ2) is 6.46. The molecule has 1 heterocycles. The fourth-order valence-electron chi connectivity index (χ4n) is 0.995. The average Bonchev–Trinajstić information content (AvgIpc) is 2.70. The highest BCUT2D eigenvalue weighted by atomic mass is 16.5. The summed E-state index contributed by atoms with van der Waals surface area (Å²) in [4.78, 5) is 26.0. The predicted molar refractivity (Wildman–Crippen MR) is 55.9 cm³/mol. The number of rotatable bonds is 5. The molecule has 1 aromatic heterocycles. The lowest BCUT2D eigenvalue weighted by molar-refractivity contribution is -0.141. The summed E-state index contributed by atoms with van der Waals surface area (Å²) in [5.74, 6) is 0.304. The minimum Gasteiger partial charge on any atom is -0.465 e. The number of carbonyl (C=O) groups is 2. The van der Waals surface area contributed by atoms with E-state index < -0.39 is 12.0 Å². The van der Waals surface area contributed by atoms with Gasteiger partial charge in [-0.1, -0.05) is 5.16 Å². The lowest BCUT2D eigenvalue weighted by atomic mass is 10.6. The van der Waals surface area contributed by atoms with E-state index in [4.69, 9.17) is 4.52 Å². The van der Waals surface area contributed by atoms with Crippen molar-refractivity contribution in [3.63, 3.8) is 0 Å². The number of esters is 1. The molecule has 0 spiro atoms. The van der Waals surface area contributed by atoms with E-state index in [1.54, 1.807) is 13.8 Å². The number of hydrogen-bond acceptors (Lipinski definition) is 6. The standard InChI is InChI=1S/C9H14N4O4/c1-3-16-8(14)5-11-9(15)10-4-7-12-6(2)13-17-7/h3-5H2,1-2H3,(H2,10,11,15). The first-order valence-electron chi connectivity index (χ1n) is 5.08. The molecule has 17 heavy (non-hydrogen) atoms. The minimum atomic E-state index is -0.506. The maximum atomic E-state index is 11.2. The van der Waals surface area contributed by atoms with Crippen molar-refractivity contribution in [3.8, 4) is 0 Å². The Morgan fingerprint density at radius 3 is 2.76 bits per heavy atom. The summed E-state index contributed by atoms with van der Waals surface area (Å²) >= 11 is 0. The predicted octanol–water partition coefficient (Wildman–Crippen LogP) is -0.260. The van der Waals surface area contributed by atoms with E-state index in [0.29, 0.717) is 11.7 Å². The zero-order valence-corrected chi connectivity index (χ0v) is 9.65. The van der Waals surface area contributed by atoms with Crippen molar-refractivity contribution in [2.45, 2.75) is 20.4 Å². The van der Waals surface area contributed by atoms with E-state index in [2.05, 4.69) is 25.5 Å². The van der Waals surface area contributed by atoms with Gasteiger partial charge in [0.2, 0.25) is 5.89 Å². The van der Waals surface area contributed by atoms with Crippen molar-refractivity contribution < 1.29 is 18.8 Å². The second-order valence-corrected chi connectivity index (χ2v) is 3.08. The van der Waals surface area contributed by atoms with Crippen molar-refractivity contribution in [2.75, 3.05) is 13.2 Å². The van der Waals surface area contributed by atoms with Crippen LogP contribution in [0.5, 0.6) is 0 Å². The van der Waals surface area contributed by atoms with Crippen LogP contribution in [0.4, 0.5) is 4.79 Å². The highest BCUT2D eigenvalue weighted by molar-refractivity contribution is 5.80. The van der Waals surface area contributed by atoms with E-state index in [1.165, 1.54) is 0 Å². The third-order valence-corrected chi connectivity index (χ3v) is 1.67. The lowest BCUT2D eigenvalue weighted by Gasteiger charge is -2.05. The summed E-state index contributed by atoms with van der Waals surface area (Å²) in [6.45, 7) is 3.57. The SMILES string of the molecule is CCOC(=O)CNC(=O)NCc1nc(C)no1. The topological polar surface area (TPSA) is 106 Å². The Bertz CT molecular complexity index is 390. The maximum absolute atomic E-state index is 11.2. The van der Waals surface area contributed by atoms with Gasteiger partial charge < -0.3 is 19.9 Å². The van der Waals surface area contributed by atoms with Crippen LogP contribution in [0.25, 0.3) is 0 Å². The van der Waals surface area contributed by atoms with E-state index in [9.17, 15) is 9.59 Å². The average molecular weight is 242 g/mol. The van der Waals surface area contributed by atoms with Crippen LogP contribution in [0.2, 0.25) is 0 Å². The Kier molecular flexibility index (Phi) is 4.92. The van der Waals surface area contributed by atoms with E-state index in [-0.39, 0.29) is 19.7 Å². The molecule has 0 bridgehead atoms. The first-order chi connectivity index (χ1) is 8.11. The first kappa shape index (κ1) is 12.9. The van der Waals surface area contributed by atoms with Crippen molar-refractivity contribution in [3.05, 3.63) is 11.7 Å². The van der Waals surface area contributed by atoms with Crippen LogP contribution in [-0.4, -0.2) is 35.3 Å². The number of ether oxygens (including phenoxy) is 1. The Hall–Kier alpha value is -2.12. The molecule has 2 amide bonds. The van der Waals surface area contributed by atoms with Crippen LogP contribution >= 0.6 is 0 Å². The number of nitrogens with one attached hydrogen (secondary N) is 2. The summed E-state index contributed by atoms with van der Waals surface area (Å²) in [6, 6.07) is -0.506. The van der Waals surface area contributed by atoms with Crippen molar-refractivity contribution in [1.82, 2.24) is 20.8 Å². The summed E-state index contributed by atoms with van der Waals surface area (Å²) in [6.07, 6.45) is 0. The van der Waals surface area contributed by atoms with Gasteiger partial charge in [-0.2, -0.15) is 4.98 Å². The summed E-state index contributed by atoms with van der Waals surface area (Å²) in [5.41, 5.74) is 0. The van der Waals surface area contributed by atoms with Crippen molar-refractivity contribution >= 4 is 12.0 Å². The molecule has 0 unspecified atom stereocenters. The fourth-order valence-corrected chi connectivity index (χ4v) is 0.995. The minimum absolute atomic E-state index is 0.107. The lowest BCUT2D eigenvalue weighted by Crippen LogP contribution is -2.38. The molecule has 0 aromatic carbocycles. The molecule has 1 rings (SSSR count). The normalized spacial score (nSPS) is 9.76. The molecule has 1 aromatic rings. The van der Waals surface area contributed by atoms with Gasteiger partial charge >= 0.3 is 12.0 Å². The number of nitrogens with zero attached hydrogens (tertiary/aromatic N) is 2. The zero-order chi connectivity index (χ0) is 12.7. The number of hydrogen-bond donors (Lipinski definition) is 2. The smallest absolute Gasteiger partial charge is 0.325 e. The van der Waals surface area contributed by atoms with Crippen molar-refractivity contribution in [1.29, 1.82) is 0 Å². The van der Waals surface area contributed by atoms with Crippen LogP contribution in [-0.2, 0) is 16.1 Å². The third-order valence-electron chi connectivity index (χ3n) is 1.67. The van der Waals surface area contributed by atoms with Gasteiger partial charge in [0.25, 0.3) is 0 Å². The molecule has 2 N–H and O–H groups in total. The molecule has 0 aliphatic heterocycles. The summed E-state index contributed by atoms with van der Waals surface area (Å²) in [5, 5.41) is 8.35. The van der Waals surface area contributed by atoms with Gasteiger partial charge in [0.1, 0.15) is 6.54 Å². The van der Waals surface area contributed by atoms with E-state index >= 15 is 0 Å². The summed E-state index contributed by atoms with van der Waals surface area (Å²) < 4.78 is 9.42. The number of aryl methyl sites for hydroxylation is 1. The summed E-state index contributed by atoms with van der Waals surface area (Å²) in [7, 11) is 0. The van der Waals surface area contributed by atoms with Crippen LogP contribution in [0.3, 0.4) is 0 Å². The molecule has 8 nitrogen and oxygen atoms in total. The molecule has 0 aliphatic rings. The Balaban J connectivity index is 2.19. The van der Waals surface area contributed by atoms with E-state index in [1.807, 2.05) is 0 Å². The zero-order valence-electron chi connectivity index (χ0n) is 9.65. The molecule has 0 saturated heterocycles. The quantitative estimate of drug-likeness (QED) is 0.689. The molecule has 0 atom stereocenters. The number of urea groups is 1. The third kappa shape index (κ3) is 4.96. The number of carbonyl (C=O) groups excluding carboxylic acids is 2. The maximum Gasteiger partial charge on any atom is 0.325 e. The molecule has 8 heteroatoms. The molecule has 94 valence electrons. The second-order valence-electron chi connectivity index (χ2n) is 3.08. The highest BCUT2D eigenvalue weighted by Crippen LogP contribution is 1.93. The monoisotopic (exact) mass is 242 g/mol. The first-order valence-corrected chi connectivity index (χ1v) is 5.08. The molecule has 0 fully saturated rings. The van der Waals surface area contributed by atoms with Crippen LogP contribution in [0.15, 0.2) is 4.52 Å². The largest absolute Gasteiger partial charge is 0.465 e. The fraction of sp³-hybridized carbons (Fsp3) is 0.556.